The lowest BCUT2D eigenvalue weighted by molar-refractivity contribution is -0.126. The Labute approximate surface area is 94.0 Å². The van der Waals surface area contributed by atoms with Gasteiger partial charge in [-0.2, -0.15) is 0 Å². The summed E-state index contributed by atoms with van der Waals surface area (Å²) in [5, 5.41) is 0. The van der Waals surface area contributed by atoms with Crippen molar-refractivity contribution in [2.75, 3.05) is 20.1 Å². The van der Waals surface area contributed by atoms with Gasteiger partial charge in [0.05, 0.1) is 0 Å². The quantitative estimate of drug-likeness (QED) is 0.697. The highest BCUT2D eigenvalue weighted by atomic mass is 16.1. The Kier molecular flexibility index (Phi) is 4.32. The lowest BCUT2D eigenvalue weighted by Crippen LogP contribution is -2.32. The van der Waals surface area contributed by atoms with Crippen LogP contribution in [-0.2, 0) is 4.79 Å². The molecule has 15 heavy (non-hydrogen) atoms. The van der Waals surface area contributed by atoms with Crippen LogP contribution < -0.4 is 0 Å². The third-order valence-corrected chi connectivity index (χ3v) is 3.35. The first-order valence-electron chi connectivity index (χ1n) is 6.11. The maximum Gasteiger partial charge on any atom is 0.139 e. The Hall–Kier alpha value is -0.370. The highest BCUT2D eigenvalue weighted by Crippen LogP contribution is 2.26. The first-order chi connectivity index (χ1) is 6.89. The number of hydrogen-bond acceptors (Lipinski definition) is 2. The van der Waals surface area contributed by atoms with E-state index in [9.17, 15) is 4.79 Å². The third-order valence-electron chi connectivity index (χ3n) is 3.35. The first kappa shape index (κ1) is 12.7. The van der Waals surface area contributed by atoms with Crippen molar-refractivity contribution < 1.29 is 4.79 Å². The van der Waals surface area contributed by atoms with Crippen LogP contribution in [0.15, 0.2) is 0 Å². The van der Waals surface area contributed by atoms with E-state index in [0.29, 0.717) is 12.2 Å². The van der Waals surface area contributed by atoms with Crippen LogP contribution in [0.25, 0.3) is 0 Å². The van der Waals surface area contributed by atoms with E-state index in [1.807, 2.05) is 20.8 Å². The molecule has 0 spiro atoms. The fraction of sp³-hybridized carbons (Fsp3) is 0.923. The van der Waals surface area contributed by atoms with E-state index >= 15 is 0 Å². The highest BCUT2D eigenvalue weighted by Gasteiger charge is 2.22. The van der Waals surface area contributed by atoms with Crippen LogP contribution >= 0.6 is 0 Å². The van der Waals surface area contributed by atoms with Gasteiger partial charge in [-0.1, -0.05) is 27.2 Å². The molecule has 0 saturated heterocycles. The third kappa shape index (κ3) is 4.33. The summed E-state index contributed by atoms with van der Waals surface area (Å²) in [5.74, 6) is 1.28. The average Bonchev–Trinajstić information content (AvgIpc) is 2.05. The number of hydrogen-bond donors (Lipinski definition) is 0. The van der Waals surface area contributed by atoms with E-state index in [2.05, 4.69) is 11.9 Å². The van der Waals surface area contributed by atoms with Gasteiger partial charge in [-0.25, -0.2) is 0 Å². The molecule has 1 fully saturated rings. The van der Waals surface area contributed by atoms with Crippen LogP contribution in [0.2, 0.25) is 0 Å². The van der Waals surface area contributed by atoms with Crippen LogP contribution in [0.3, 0.4) is 0 Å². The molecule has 1 saturated carbocycles. The van der Waals surface area contributed by atoms with Gasteiger partial charge in [-0.15, -0.1) is 0 Å². The van der Waals surface area contributed by atoms with E-state index < -0.39 is 0 Å². The van der Waals surface area contributed by atoms with Crippen molar-refractivity contribution in [3.05, 3.63) is 0 Å². The summed E-state index contributed by atoms with van der Waals surface area (Å²) in [7, 11) is 2.13. The van der Waals surface area contributed by atoms with Crippen molar-refractivity contribution in [1.82, 2.24) is 4.90 Å². The summed E-state index contributed by atoms with van der Waals surface area (Å²) >= 11 is 0. The predicted octanol–water partition coefficient (Wildman–Crippen LogP) is 2.72. The first-order valence-corrected chi connectivity index (χ1v) is 6.11. The average molecular weight is 211 g/mol. The van der Waals surface area contributed by atoms with E-state index in [-0.39, 0.29) is 5.41 Å². The maximum atomic E-state index is 11.7. The summed E-state index contributed by atoms with van der Waals surface area (Å²) in [6.45, 7) is 8.10. The van der Waals surface area contributed by atoms with Gasteiger partial charge in [0.25, 0.3) is 0 Å². The second-order valence-corrected chi connectivity index (χ2v) is 5.98. The minimum Gasteiger partial charge on any atom is -0.306 e. The largest absolute Gasteiger partial charge is 0.306 e. The van der Waals surface area contributed by atoms with Gasteiger partial charge in [0.15, 0.2) is 0 Å². The Balaban J connectivity index is 2.15. The number of carbonyl (C=O) groups is 1. The Morgan fingerprint density at radius 2 is 1.93 bits per heavy atom. The van der Waals surface area contributed by atoms with Crippen LogP contribution in [0.4, 0.5) is 0 Å². The lowest BCUT2D eigenvalue weighted by Gasteiger charge is -2.30. The summed E-state index contributed by atoms with van der Waals surface area (Å²) in [6.07, 6.45) is 4.88. The highest BCUT2D eigenvalue weighted by molar-refractivity contribution is 5.83. The standard InChI is InChI=1S/C13H25NO/c1-13(2,3)12(15)8-9-14(4)10-11-6-5-7-11/h11H,5-10H2,1-4H3. The molecule has 2 nitrogen and oxygen atoms in total. The molecule has 0 aliphatic heterocycles. The molecule has 0 aromatic heterocycles. The predicted molar refractivity (Wildman–Crippen MR) is 63.9 cm³/mol. The monoisotopic (exact) mass is 211 g/mol. The Bertz CT molecular complexity index is 213. The molecular formula is C13H25NO. The molecule has 0 aromatic rings. The van der Waals surface area contributed by atoms with Crippen molar-refractivity contribution in [3.63, 3.8) is 0 Å². The zero-order chi connectivity index (χ0) is 11.5. The zero-order valence-corrected chi connectivity index (χ0v) is 10.7. The molecular weight excluding hydrogens is 186 g/mol. The summed E-state index contributed by atoms with van der Waals surface area (Å²) < 4.78 is 0. The van der Waals surface area contributed by atoms with Crippen LogP contribution in [-0.4, -0.2) is 30.8 Å². The zero-order valence-electron chi connectivity index (χ0n) is 10.7. The van der Waals surface area contributed by atoms with Crippen molar-refractivity contribution in [2.45, 2.75) is 46.5 Å². The number of nitrogens with zero attached hydrogens (tertiary/aromatic N) is 1. The minimum absolute atomic E-state index is 0.169. The van der Waals surface area contributed by atoms with E-state index in [0.717, 1.165) is 12.5 Å². The summed E-state index contributed by atoms with van der Waals surface area (Å²) in [6, 6.07) is 0. The molecule has 1 aliphatic rings. The topological polar surface area (TPSA) is 20.3 Å². The van der Waals surface area contributed by atoms with Crippen LogP contribution in [0.1, 0.15) is 46.5 Å². The molecule has 0 amide bonds. The molecule has 0 atom stereocenters. The van der Waals surface area contributed by atoms with Gasteiger partial charge < -0.3 is 4.90 Å². The van der Waals surface area contributed by atoms with Gasteiger partial charge in [0.2, 0.25) is 0 Å². The van der Waals surface area contributed by atoms with E-state index in [1.54, 1.807) is 0 Å². The van der Waals surface area contributed by atoms with E-state index in [4.69, 9.17) is 0 Å². The van der Waals surface area contributed by atoms with Crippen LogP contribution in [0, 0.1) is 11.3 Å². The SMILES string of the molecule is CN(CCC(=O)C(C)(C)C)CC1CCC1. The van der Waals surface area contributed by atoms with Crippen molar-refractivity contribution >= 4 is 5.78 Å². The van der Waals surface area contributed by atoms with Crippen molar-refractivity contribution in [1.29, 1.82) is 0 Å². The number of rotatable bonds is 5. The molecule has 0 N–H and O–H groups in total. The Morgan fingerprint density at radius 3 is 2.33 bits per heavy atom. The molecule has 1 rings (SSSR count). The maximum absolute atomic E-state index is 11.7. The lowest BCUT2D eigenvalue weighted by atomic mass is 9.85. The number of Topliss-reactive ketones (excluding diaryl/α,β-unsaturated/α-hetero) is 1. The molecule has 0 bridgehead atoms. The van der Waals surface area contributed by atoms with Gasteiger partial charge in [0.1, 0.15) is 5.78 Å². The van der Waals surface area contributed by atoms with E-state index in [1.165, 1.54) is 25.8 Å². The van der Waals surface area contributed by atoms with Gasteiger partial charge in [0, 0.05) is 24.9 Å². The van der Waals surface area contributed by atoms with Crippen LogP contribution in [0.5, 0.6) is 0 Å². The molecule has 2 heteroatoms. The molecule has 1 aliphatic carbocycles. The smallest absolute Gasteiger partial charge is 0.139 e. The number of ketones is 1. The summed E-state index contributed by atoms with van der Waals surface area (Å²) in [4.78, 5) is 14.0. The number of carbonyl (C=O) groups excluding carboxylic acids is 1. The molecule has 88 valence electrons. The summed E-state index contributed by atoms with van der Waals surface area (Å²) in [5.41, 5.74) is -0.169. The fourth-order valence-electron chi connectivity index (χ4n) is 1.87. The molecule has 0 unspecified atom stereocenters. The van der Waals surface area contributed by atoms with Gasteiger partial charge >= 0.3 is 0 Å². The minimum atomic E-state index is -0.169. The molecule has 0 aromatic carbocycles. The Morgan fingerprint density at radius 1 is 1.33 bits per heavy atom. The van der Waals surface area contributed by atoms with Gasteiger partial charge in [-0.3, -0.25) is 4.79 Å². The van der Waals surface area contributed by atoms with Crippen molar-refractivity contribution in [3.8, 4) is 0 Å². The second kappa shape index (κ2) is 5.11. The molecule has 0 heterocycles. The van der Waals surface area contributed by atoms with Crippen molar-refractivity contribution in [2.24, 2.45) is 11.3 Å². The van der Waals surface area contributed by atoms with Gasteiger partial charge in [-0.05, 0) is 25.8 Å². The second-order valence-electron chi connectivity index (χ2n) is 5.98. The normalized spacial score (nSPS) is 17.9. The molecule has 0 radical (unpaired) electrons. The fourth-order valence-corrected chi connectivity index (χ4v) is 1.87.